The molecule has 1 saturated heterocycles. The maximum absolute atomic E-state index is 12.6. The number of carbonyl (C=O) groups excluding carboxylic acids is 1. The van der Waals surface area contributed by atoms with Gasteiger partial charge in [0.1, 0.15) is 6.61 Å². The quantitative estimate of drug-likeness (QED) is 0.640. The minimum Gasteiger partial charge on any atom is -0.461 e. The first-order valence-corrected chi connectivity index (χ1v) is 10.8. The predicted molar refractivity (Wildman–Crippen MR) is 106 cm³/mol. The molecule has 0 unspecified atom stereocenters. The second-order valence-corrected chi connectivity index (χ2v) is 8.82. The van der Waals surface area contributed by atoms with Crippen molar-refractivity contribution in [1.29, 1.82) is 0 Å². The number of benzene rings is 2. The largest absolute Gasteiger partial charge is 0.461 e. The summed E-state index contributed by atoms with van der Waals surface area (Å²) in [5.74, 6) is -0.306. The average Bonchev–Trinajstić information content (AvgIpc) is 2.73. The number of sulfonamides is 1. The normalized spacial score (nSPS) is 15.3. The first-order chi connectivity index (χ1) is 13.4. The molecule has 3 rings (SSSR count). The molecule has 0 aromatic heterocycles. The van der Waals surface area contributed by atoms with Crippen molar-refractivity contribution in [3.63, 3.8) is 0 Å². The van der Waals surface area contributed by atoms with Crippen LogP contribution in [-0.4, -0.2) is 45.0 Å². The van der Waals surface area contributed by atoms with Crippen LogP contribution in [0, 0.1) is 0 Å². The van der Waals surface area contributed by atoms with E-state index >= 15 is 0 Å². The van der Waals surface area contributed by atoms with Gasteiger partial charge in [0, 0.05) is 24.5 Å². The van der Waals surface area contributed by atoms with E-state index in [1.165, 1.54) is 4.31 Å². The van der Waals surface area contributed by atoms with Crippen molar-refractivity contribution >= 4 is 27.6 Å². The molecule has 1 aliphatic rings. The average molecular weight is 424 g/mol. The van der Waals surface area contributed by atoms with Crippen molar-refractivity contribution in [1.82, 2.24) is 4.31 Å². The van der Waals surface area contributed by atoms with Gasteiger partial charge in [0.15, 0.2) is 0 Å². The molecule has 2 aromatic carbocycles. The third-order valence-electron chi connectivity index (χ3n) is 4.46. The first-order valence-electron chi connectivity index (χ1n) is 9.02. The van der Waals surface area contributed by atoms with E-state index in [0.717, 1.165) is 11.1 Å². The fourth-order valence-electron chi connectivity index (χ4n) is 2.83. The molecule has 150 valence electrons. The van der Waals surface area contributed by atoms with Crippen molar-refractivity contribution < 1.29 is 22.7 Å². The maximum atomic E-state index is 12.6. The molecule has 0 N–H and O–H groups in total. The third-order valence-corrected chi connectivity index (χ3v) is 6.63. The van der Waals surface area contributed by atoms with Gasteiger partial charge in [-0.25, -0.2) is 8.42 Å². The third kappa shape index (κ3) is 5.54. The summed E-state index contributed by atoms with van der Waals surface area (Å²) in [6.45, 7) is 1.75. The molecule has 0 atom stereocenters. The van der Waals surface area contributed by atoms with Gasteiger partial charge in [-0.05, 0) is 41.8 Å². The summed E-state index contributed by atoms with van der Waals surface area (Å²) in [5, 5.41) is 0.633. The summed E-state index contributed by atoms with van der Waals surface area (Å²) < 4.78 is 37.1. The zero-order valence-electron chi connectivity index (χ0n) is 15.3. The van der Waals surface area contributed by atoms with Crippen LogP contribution in [0.15, 0.2) is 53.4 Å². The predicted octanol–water partition coefficient (Wildman–Crippen LogP) is 3.04. The van der Waals surface area contributed by atoms with Gasteiger partial charge in [0.2, 0.25) is 10.0 Å². The van der Waals surface area contributed by atoms with Gasteiger partial charge in [-0.3, -0.25) is 4.79 Å². The number of morpholine rings is 1. The van der Waals surface area contributed by atoms with Crippen molar-refractivity contribution in [3.8, 4) is 0 Å². The molecule has 0 bridgehead atoms. The van der Waals surface area contributed by atoms with Crippen LogP contribution in [0.4, 0.5) is 0 Å². The summed E-state index contributed by atoms with van der Waals surface area (Å²) in [6.07, 6.45) is 0.709. The number of carbonyl (C=O) groups is 1. The van der Waals surface area contributed by atoms with Crippen LogP contribution in [0.3, 0.4) is 0 Å². The topological polar surface area (TPSA) is 72.9 Å². The van der Waals surface area contributed by atoms with E-state index in [2.05, 4.69) is 0 Å². The van der Waals surface area contributed by atoms with Crippen molar-refractivity contribution in [2.45, 2.75) is 24.3 Å². The Morgan fingerprint density at radius 2 is 1.61 bits per heavy atom. The van der Waals surface area contributed by atoms with Crippen LogP contribution in [0.2, 0.25) is 5.02 Å². The molecule has 28 heavy (non-hydrogen) atoms. The van der Waals surface area contributed by atoms with Crippen LogP contribution in [0.5, 0.6) is 0 Å². The fraction of sp³-hybridized carbons (Fsp3) is 0.350. The van der Waals surface area contributed by atoms with Crippen molar-refractivity contribution in [2.75, 3.05) is 26.3 Å². The van der Waals surface area contributed by atoms with Crippen LogP contribution in [0.1, 0.15) is 17.5 Å². The molecule has 8 heteroatoms. The van der Waals surface area contributed by atoms with Gasteiger partial charge in [-0.1, -0.05) is 35.9 Å². The zero-order chi connectivity index (χ0) is 20.0. The number of nitrogens with zero attached hydrogens (tertiary/aromatic N) is 1. The van der Waals surface area contributed by atoms with E-state index in [0.29, 0.717) is 37.7 Å². The van der Waals surface area contributed by atoms with E-state index in [1.807, 2.05) is 12.1 Å². The monoisotopic (exact) mass is 423 g/mol. The van der Waals surface area contributed by atoms with Gasteiger partial charge >= 0.3 is 5.97 Å². The molecule has 0 saturated carbocycles. The Balaban J connectivity index is 1.49. The van der Waals surface area contributed by atoms with Crippen LogP contribution in [-0.2, 0) is 37.3 Å². The van der Waals surface area contributed by atoms with Crippen molar-refractivity contribution in [2.24, 2.45) is 0 Å². The lowest BCUT2D eigenvalue weighted by Crippen LogP contribution is -2.40. The molecule has 6 nitrogen and oxygen atoms in total. The summed E-state index contributed by atoms with van der Waals surface area (Å²) in [7, 11) is -3.50. The summed E-state index contributed by atoms with van der Waals surface area (Å²) in [6, 6.07) is 13.7. The maximum Gasteiger partial charge on any atom is 0.306 e. The number of ether oxygens (including phenoxy) is 2. The lowest BCUT2D eigenvalue weighted by molar-refractivity contribution is -0.144. The highest BCUT2D eigenvalue weighted by Crippen LogP contribution is 2.18. The van der Waals surface area contributed by atoms with Gasteiger partial charge < -0.3 is 9.47 Å². The smallest absolute Gasteiger partial charge is 0.306 e. The Bertz CT molecular complexity index is 891. The fourth-order valence-corrected chi connectivity index (χ4v) is 4.36. The minimum atomic E-state index is -3.50. The standard InChI is InChI=1S/C20H22ClNO5S/c21-18-6-1-17(2-7-18)15-27-20(23)10-5-16-3-8-19(9-4-16)28(24,25)22-11-13-26-14-12-22/h1-4,6-9H,5,10-15H2. The van der Waals surface area contributed by atoms with Gasteiger partial charge in [-0.15, -0.1) is 0 Å². The van der Waals surface area contributed by atoms with E-state index in [-0.39, 0.29) is 23.9 Å². The summed E-state index contributed by atoms with van der Waals surface area (Å²) in [4.78, 5) is 12.2. The zero-order valence-corrected chi connectivity index (χ0v) is 16.9. The Labute approximate surface area is 170 Å². The Hall–Kier alpha value is -1.93. The molecule has 1 heterocycles. The molecule has 0 radical (unpaired) electrons. The Morgan fingerprint density at radius 3 is 2.25 bits per heavy atom. The molecule has 1 fully saturated rings. The molecular formula is C20H22ClNO5S. The van der Waals surface area contributed by atoms with E-state index in [4.69, 9.17) is 21.1 Å². The van der Waals surface area contributed by atoms with Gasteiger partial charge in [0.05, 0.1) is 18.1 Å². The SMILES string of the molecule is O=C(CCc1ccc(S(=O)(=O)N2CCOCC2)cc1)OCc1ccc(Cl)cc1. The second-order valence-electron chi connectivity index (χ2n) is 6.45. The molecule has 2 aromatic rings. The van der Waals surface area contributed by atoms with Gasteiger partial charge in [-0.2, -0.15) is 4.31 Å². The molecular weight excluding hydrogens is 402 g/mol. The summed E-state index contributed by atoms with van der Waals surface area (Å²) in [5.41, 5.74) is 1.75. The number of hydrogen-bond donors (Lipinski definition) is 0. The highest BCUT2D eigenvalue weighted by Gasteiger charge is 2.26. The lowest BCUT2D eigenvalue weighted by Gasteiger charge is -2.26. The van der Waals surface area contributed by atoms with Gasteiger partial charge in [0.25, 0.3) is 0 Å². The Morgan fingerprint density at radius 1 is 1.00 bits per heavy atom. The highest BCUT2D eigenvalue weighted by atomic mass is 35.5. The van der Waals surface area contributed by atoms with Crippen molar-refractivity contribution in [3.05, 3.63) is 64.7 Å². The molecule has 0 amide bonds. The number of rotatable bonds is 7. The second kappa shape index (κ2) is 9.52. The van der Waals surface area contributed by atoms with Crippen LogP contribution >= 0.6 is 11.6 Å². The number of esters is 1. The van der Waals surface area contributed by atoms with Crippen LogP contribution in [0.25, 0.3) is 0 Å². The minimum absolute atomic E-state index is 0.201. The number of hydrogen-bond acceptors (Lipinski definition) is 5. The van der Waals surface area contributed by atoms with Crippen LogP contribution < -0.4 is 0 Å². The Kier molecular flexibility index (Phi) is 7.07. The lowest BCUT2D eigenvalue weighted by atomic mass is 10.1. The van der Waals surface area contributed by atoms with E-state index in [9.17, 15) is 13.2 Å². The van der Waals surface area contributed by atoms with E-state index in [1.54, 1.807) is 36.4 Å². The highest BCUT2D eigenvalue weighted by molar-refractivity contribution is 7.89. The number of aryl methyl sites for hydroxylation is 1. The molecule has 0 aliphatic carbocycles. The number of halogens is 1. The molecule has 1 aliphatic heterocycles. The summed E-state index contributed by atoms with van der Waals surface area (Å²) >= 11 is 5.82. The molecule has 0 spiro atoms. The van der Waals surface area contributed by atoms with E-state index < -0.39 is 10.0 Å². The first kappa shape index (κ1) is 20.8.